The highest BCUT2D eigenvalue weighted by Crippen LogP contribution is 2.40. The molecule has 1 unspecified atom stereocenters. The number of sulfone groups is 1. The van der Waals surface area contributed by atoms with Crippen molar-refractivity contribution in [1.29, 1.82) is 0 Å². The lowest BCUT2D eigenvalue weighted by Crippen LogP contribution is -2.43. The van der Waals surface area contributed by atoms with E-state index in [1.807, 2.05) is 19.9 Å². The first kappa shape index (κ1) is 24.2. The van der Waals surface area contributed by atoms with Gasteiger partial charge in [0.15, 0.2) is 28.0 Å². The minimum atomic E-state index is -3.64. The lowest BCUT2D eigenvalue weighted by molar-refractivity contribution is -0.123. The number of hydrogen-bond donors (Lipinski definition) is 2. The second-order valence-corrected chi connectivity index (χ2v) is 10.3. The standard InChI is InChI=1S/C25H24N2O7S/c1-15-8-10-20(24-19(28)12-16(2)23(15)24)33-13-22(29)26-27-25(30)21-11-9-17(34-21)14-35(31,32)18-6-4-3-5-7-18/h3-11,16H,12-14H2,1-2H3,(H,26,29)(H,27,30). The maximum absolute atomic E-state index is 12.5. The fourth-order valence-corrected chi connectivity index (χ4v) is 5.34. The van der Waals surface area contributed by atoms with Gasteiger partial charge < -0.3 is 9.15 Å². The third-order valence-corrected chi connectivity index (χ3v) is 7.34. The largest absolute Gasteiger partial charge is 0.483 e. The highest BCUT2D eigenvalue weighted by Gasteiger charge is 2.31. The summed E-state index contributed by atoms with van der Waals surface area (Å²) >= 11 is 0. The van der Waals surface area contributed by atoms with Gasteiger partial charge >= 0.3 is 5.91 Å². The molecule has 9 nitrogen and oxygen atoms in total. The minimum Gasteiger partial charge on any atom is -0.483 e. The third kappa shape index (κ3) is 5.27. The summed E-state index contributed by atoms with van der Waals surface area (Å²) in [5, 5.41) is 0. The van der Waals surface area contributed by atoms with E-state index >= 15 is 0 Å². The number of ketones is 1. The number of carbonyl (C=O) groups excluding carboxylic acids is 3. The van der Waals surface area contributed by atoms with Gasteiger partial charge in [-0.05, 0) is 54.3 Å². The Labute approximate surface area is 202 Å². The van der Waals surface area contributed by atoms with Crippen molar-refractivity contribution >= 4 is 27.4 Å². The molecule has 0 bridgehead atoms. The molecule has 35 heavy (non-hydrogen) atoms. The van der Waals surface area contributed by atoms with Crippen LogP contribution in [0.5, 0.6) is 5.75 Å². The number of hydrogen-bond acceptors (Lipinski definition) is 7. The van der Waals surface area contributed by atoms with E-state index in [0.29, 0.717) is 17.7 Å². The maximum atomic E-state index is 12.5. The molecule has 0 saturated carbocycles. The summed E-state index contributed by atoms with van der Waals surface area (Å²) in [7, 11) is -3.64. The van der Waals surface area contributed by atoms with Crippen LogP contribution >= 0.6 is 0 Å². The Morgan fingerprint density at radius 2 is 1.80 bits per heavy atom. The molecule has 2 amide bonds. The van der Waals surface area contributed by atoms with Crippen LogP contribution in [0.4, 0.5) is 0 Å². The molecule has 1 aliphatic carbocycles. The predicted octanol–water partition coefficient (Wildman–Crippen LogP) is 3.09. The van der Waals surface area contributed by atoms with E-state index in [1.54, 1.807) is 24.3 Å². The second kappa shape index (κ2) is 9.75. The van der Waals surface area contributed by atoms with Gasteiger partial charge in [-0.1, -0.05) is 31.2 Å². The molecule has 10 heteroatoms. The summed E-state index contributed by atoms with van der Waals surface area (Å²) in [4.78, 5) is 36.9. The van der Waals surface area contributed by atoms with Crippen LogP contribution in [0, 0.1) is 6.92 Å². The van der Waals surface area contributed by atoms with Gasteiger partial charge in [-0.15, -0.1) is 0 Å². The van der Waals surface area contributed by atoms with E-state index in [0.717, 1.165) is 11.1 Å². The molecule has 1 heterocycles. The van der Waals surface area contributed by atoms with Crippen molar-refractivity contribution in [2.24, 2.45) is 0 Å². The molecule has 3 aromatic rings. The zero-order valence-corrected chi connectivity index (χ0v) is 20.0. The molecule has 182 valence electrons. The average molecular weight is 497 g/mol. The van der Waals surface area contributed by atoms with Crippen molar-refractivity contribution in [3.05, 3.63) is 82.8 Å². The van der Waals surface area contributed by atoms with Crippen LogP contribution in [0.15, 0.2) is 63.9 Å². The highest BCUT2D eigenvalue weighted by atomic mass is 32.2. The predicted molar refractivity (Wildman–Crippen MR) is 126 cm³/mol. The molecule has 1 aromatic heterocycles. The lowest BCUT2D eigenvalue weighted by Gasteiger charge is -2.13. The molecule has 2 aromatic carbocycles. The second-order valence-electron chi connectivity index (χ2n) is 8.33. The van der Waals surface area contributed by atoms with E-state index in [4.69, 9.17) is 9.15 Å². The van der Waals surface area contributed by atoms with Gasteiger partial charge in [0.25, 0.3) is 5.91 Å². The van der Waals surface area contributed by atoms with Crippen molar-refractivity contribution in [3.63, 3.8) is 0 Å². The van der Waals surface area contributed by atoms with Gasteiger partial charge in [0.1, 0.15) is 17.3 Å². The molecule has 4 rings (SSSR count). The molecule has 1 atom stereocenters. The quantitative estimate of drug-likeness (QED) is 0.481. The van der Waals surface area contributed by atoms with Gasteiger partial charge in [-0.25, -0.2) is 8.42 Å². The number of aryl methyl sites for hydroxylation is 1. The Bertz CT molecular complexity index is 1390. The molecule has 0 fully saturated rings. The van der Waals surface area contributed by atoms with E-state index in [9.17, 15) is 22.8 Å². The number of fused-ring (bicyclic) bond motifs is 1. The number of ether oxygens (including phenoxy) is 1. The van der Waals surface area contributed by atoms with Crippen LogP contribution < -0.4 is 15.6 Å². The minimum absolute atomic E-state index is 0.0252. The van der Waals surface area contributed by atoms with Crippen LogP contribution in [0.2, 0.25) is 0 Å². The SMILES string of the molecule is Cc1ccc(OCC(=O)NNC(=O)c2ccc(CS(=O)(=O)c3ccccc3)o2)c2c1C(C)CC2=O. The van der Waals surface area contributed by atoms with Gasteiger partial charge in [-0.3, -0.25) is 25.2 Å². The molecular weight excluding hydrogens is 472 g/mol. The summed E-state index contributed by atoms with van der Waals surface area (Å²) in [5.74, 6) is -1.51. The fourth-order valence-electron chi connectivity index (χ4n) is 4.07. The van der Waals surface area contributed by atoms with Crippen molar-refractivity contribution in [1.82, 2.24) is 10.9 Å². The summed E-state index contributed by atoms with van der Waals surface area (Å²) in [5.41, 5.74) is 6.83. The average Bonchev–Trinajstić information content (AvgIpc) is 3.41. The van der Waals surface area contributed by atoms with Crippen LogP contribution in [-0.2, 0) is 20.4 Å². The first-order valence-electron chi connectivity index (χ1n) is 10.9. The molecule has 2 N–H and O–H groups in total. The first-order chi connectivity index (χ1) is 16.7. The monoisotopic (exact) mass is 496 g/mol. The number of furan rings is 1. The maximum Gasteiger partial charge on any atom is 0.305 e. The summed E-state index contributed by atoms with van der Waals surface area (Å²) < 4.78 is 35.8. The number of Topliss-reactive ketones (excluding diaryl/α,β-unsaturated/α-hetero) is 1. The van der Waals surface area contributed by atoms with Crippen LogP contribution in [0.3, 0.4) is 0 Å². The van der Waals surface area contributed by atoms with Crippen molar-refractivity contribution in [3.8, 4) is 5.75 Å². The Balaban J connectivity index is 1.31. The molecule has 0 radical (unpaired) electrons. The smallest absolute Gasteiger partial charge is 0.305 e. The number of carbonyl (C=O) groups is 3. The number of hydrazine groups is 1. The zero-order valence-electron chi connectivity index (χ0n) is 19.2. The molecule has 0 saturated heterocycles. The summed E-state index contributed by atoms with van der Waals surface area (Å²) in [6.45, 7) is 3.48. The molecule has 0 spiro atoms. The number of amides is 2. The Kier molecular flexibility index (Phi) is 6.74. The topological polar surface area (TPSA) is 132 Å². The normalized spacial score (nSPS) is 14.9. The molecular formula is C25H24N2O7S. The van der Waals surface area contributed by atoms with Gasteiger partial charge in [0.2, 0.25) is 0 Å². The van der Waals surface area contributed by atoms with E-state index in [1.165, 1.54) is 24.3 Å². The highest BCUT2D eigenvalue weighted by molar-refractivity contribution is 7.90. The Hall–Kier alpha value is -3.92. The zero-order chi connectivity index (χ0) is 25.2. The lowest BCUT2D eigenvalue weighted by atomic mass is 9.97. The van der Waals surface area contributed by atoms with Crippen molar-refractivity contribution in [2.75, 3.05) is 6.61 Å². The van der Waals surface area contributed by atoms with E-state index in [2.05, 4.69) is 10.9 Å². The van der Waals surface area contributed by atoms with Gasteiger partial charge in [0.05, 0.1) is 10.5 Å². The Morgan fingerprint density at radius 3 is 2.54 bits per heavy atom. The van der Waals surface area contributed by atoms with E-state index < -0.39 is 34.0 Å². The number of benzene rings is 2. The summed E-state index contributed by atoms with van der Waals surface area (Å²) in [6, 6.07) is 14.1. The Morgan fingerprint density at radius 1 is 1.06 bits per heavy atom. The van der Waals surface area contributed by atoms with Crippen molar-refractivity contribution < 1.29 is 32.0 Å². The van der Waals surface area contributed by atoms with E-state index in [-0.39, 0.29) is 28.1 Å². The summed E-state index contributed by atoms with van der Waals surface area (Å²) in [6.07, 6.45) is 0.399. The first-order valence-corrected chi connectivity index (χ1v) is 12.6. The number of nitrogens with one attached hydrogen (secondary N) is 2. The van der Waals surface area contributed by atoms with Gasteiger partial charge in [-0.2, -0.15) is 0 Å². The molecule has 1 aliphatic rings. The fraction of sp³-hybridized carbons (Fsp3) is 0.240. The van der Waals surface area contributed by atoms with Crippen LogP contribution in [0.1, 0.15) is 57.1 Å². The van der Waals surface area contributed by atoms with Crippen LogP contribution in [0.25, 0.3) is 0 Å². The number of rotatable bonds is 7. The molecule has 0 aliphatic heterocycles. The van der Waals surface area contributed by atoms with Crippen molar-refractivity contribution in [2.45, 2.75) is 36.8 Å². The van der Waals surface area contributed by atoms with Crippen LogP contribution in [-0.4, -0.2) is 32.6 Å². The van der Waals surface area contributed by atoms with Gasteiger partial charge in [0, 0.05) is 6.42 Å². The third-order valence-electron chi connectivity index (χ3n) is 5.68.